The van der Waals surface area contributed by atoms with E-state index < -0.39 is 0 Å². The van der Waals surface area contributed by atoms with Crippen LogP contribution in [-0.4, -0.2) is 0 Å². The van der Waals surface area contributed by atoms with Crippen molar-refractivity contribution >= 4 is 27.7 Å². The van der Waals surface area contributed by atoms with Crippen molar-refractivity contribution < 1.29 is 4.74 Å². The molecular weight excluding hydrogens is 500 g/mol. The minimum atomic E-state index is -0.339. The first kappa shape index (κ1) is 19.1. The van der Waals surface area contributed by atoms with Gasteiger partial charge in [-0.05, 0) is 57.6 Å². The third-order valence-corrected chi connectivity index (χ3v) is 9.25. The number of ether oxygens (including phenoxy) is 1. The topological polar surface area (TPSA) is 9.23 Å². The van der Waals surface area contributed by atoms with Gasteiger partial charge in [-0.2, -0.15) is 0 Å². The van der Waals surface area contributed by atoms with Crippen LogP contribution in [-0.2, 0) is 5.41 Å². The highest BCUT2D eigenvalue weighted by Crippen LogP contribution is 2.66. The molecule has 1 spiro atoms. The van der Waals surface area contributed by atoms with E-state index in [2.05, 4.69) is 113 Å². The van der Waals surface area contributed by atoms with Crippen LogP contribution >= 0.6 is 27.7 Å². The Morgan fingerprint density at radius 3 is 2.03 bits per heavy atom. The molecule has 8 rings (SSSR count). The molecule has 0 saturated carbocycles. The average molecular weight is 517 g/mol. The van der Waals surface area contributed by atoms with Gasteiger partial charge in [0.05, 0.1) is 15.2 Å². The van der Waals surface area contributed by atoms with Crippen LogP contribution in [0.1, 0.15) is 22.3 Å². The summed E-state index contributed by atoms with van der Waals surface area (Å²) in [4.78, 5) is 2.37. The Balaban J connectivity index is 1.52. The lowest BCUT2D eigenvalue weighted by Gasteiger charge is -2.31. The number of para-hydroxylation sites is 1. The quantitative estimate of drug-likeness (QED) is 0.198. The molecule has 0 N–H and O–H groups in total. The predicted octanol–water partition coefficient (Wildman–Crippen LogP) is 9.05. The second-order valence-electron chi connectivity index (χ2n) is 8.97. The Kier molecular flexibility index (Phi) is 3.73. The molecule has 2 aliphatic carbocycles. The molecule has 1 aliphatic heterocycles. The zero-order valence-corrected chi connectivity index (χ0v) is 20.4. The summed E-state index contributed by atoms with van der Waals surface area (Å²) in [6.45, 7) is 0. The van der Waals surface area contributed by atoms with E-state index in [0.29, 0.717) is 0 Å². The summed E-state index contributed by atoms with van der Waals surface area (Å²) < 4.78 is 7.54. The maximum Gasteiger partial charge on any atom is 0.142 e. The van der Waals surface area contributed by atoms with Gasteiger partial charge in [-0.3, -0.25) is 0 Å². The number of fused-ring (bicyclic) bond motifs is 13. The highest BCUT2D eigenvalue weighted by molar-refractivity contribution is 9.10. The highest BCUT2D eigenvalue weighted by Gasteiger charge is 2.53. The zero-order valence-electron chi connectivity index (χ0n) is 18.0. The standard InChI is InChI=1S/C31H17BrOS/c32-24-13-7-12-22-28(24)18-8-1-3-10-20(18)31(22)21-11-4-2-9-19(21)29-23(31)16-17-26-30(29)34-27-15-6-5-14-25(27)33-26/h1-17H. The molecule has 5 aromatic carbocycles. The Morgan fingerprint density at radius 1 is 0.559 bits per heavy atom. The second kappa shape index (κ2) is 6.65. The highest BCUT2D eigenvalue weighted by atomic mass is 79.9. The Bertz CT molecular complexity index is 1690. The van der Waals surface area contributed by atoms with E-state index in [4.69, 9.17) is 4.74 Å². The van der Waals surface area contributed by atoms with Crippen LogP contribution in [0.15, 0.2) is 117 Å². The second-order valence-corrected chi connectivity index (χ2v) is 10.9. The van der Waals surface area contributed by atoms with Gasteiger partial charge in [0.2, 0.25) is 0 Å². The Morgan fingerprint density at radius 2 is 1.21 bits per heavy atom. The van der Waals surface area contributed by atoms with Crippen molar-refractivity contribution in [2.45, 2.75) is 15.2 Å². The van der Waals surface area contributed by atoms with E-state index in [-0.39, 0.29) is 5.41 Å². The molecule has 1 atom stereocenters. The Labute approximate surface area is 210 Å². The fraction of sp³-hybridized carbons (Fsp3) is 0.0323. The van der Waals surface area contributed by atoms with Crippen LogP contribution in [0.3, 0.4) is 0 Å². The lowest BCUT2D eigenvalue weighted by Crippen LogP contribution is -2.25. The van der Waals surface area contributed by atoms with Gasteiger partial charge >= 0.3 is 0 Å². The van der Waals surface area contributed by atoms with Crippen LogP contribution < -0.4 is 4.74 Å². The summed E-state index contributed by atoms with van der Waals surface area (Å²) in [6, 6.07) is 37.3. The maximum absolute atomic E-state index is 6.40. The molecule has 34 heavy (non-hydrogen) atoms. The number of halogens is 1. The summed E-state index contributed by atoms with van der Waals surface area (Å²) in [5.41, 5.74) is 10.2. The van der Waals surface area contributed by atoms with E-state index in [0.717, 1.165) is 20.9 Å². The molecule has 0 fully saturated rings. The van der Waals surface area contributed by atoms with Gasteiger partial charge in [-0.15, -0.1) is 0 Å². The summed E-state index contributed by atoms with van der Waals surface area (Å²) in [5.74, 6) is 1.87. The number of benzene rings is 5. The molecule has 0 aromatic heterocycles. The minimum Gasteiger partial charge on any atom is -0.455 e. The van der Waals surface area contributed by atoms with E-state index >= 15 is 0 Å². The lowest BCUT2D eigenvalue weighted by molar-refractivity contribution is 0.454. The number of hydrogen-bond acceptors (Lipinski definition) is 2. The van der Waals surface area contributed by atoms with Crippen molar-refractivity contribution in [3.05, 3.63) is 130 Å². The first-order chi connectivity index (χ1) is 16.8. The van der Waals surface area contributed by atoms with Gasteiger partial charge in [-0.1, -0.05) is 107 Å². The van der Waals surface area contributed by atoms with Gasteiger partial charge in [0, 0.05) is 15.6 Å². The fourth-order valence-electron chi connectivity index (χ4n) is 6.21. The normalized spacial score (nSPS) is 17.8. The summed E-state index contributed by atoms with van der Waals surface area (Å²) in [5, 5.41) is 0. The van der Waals surface area contributed by atoms with E-state index in [9.17, 15) is 0 Å². The van der Waals surface area contributed by atoms with Crippen molar-refractivity contribution in [1.29, 1.82) is 0 Å². The SMILES string of the molecule is Brc1cccc2c1-c1ccccc1C21c2ccccc2-c2c1ccc1c2Sc2ccccc2O1. The van der Waals surface area contributed by atoms with Gasteiger partial charge in [0.25, 0.3) is 0 Å². The van der Waals surface area contributed by atoms with Gasteiger partial charge in [-0.25, -0.2) is 0 Å². The molecule has 0 saturated heterocycles. The predicted molar refractivity (Wildman–Crippen MR) is 141 cm³/mol. The van der Waals surface area contributed by atoms with Gasteiger partial charge < -0.3 is 4.74 Å². The zero-order chi connectivity index (χ0) is 22.4. The van der Waals surface area contributed by atoms with E-state index in [1.807, 2.05) is 17.8 Å². The van der Waals surface area contributed by atoms with Crippen molar-refractivity contribution in [1.82, 2.24) is 0 Å². The summed E-state index contributed by atoms with van der Waals surface area (Å²) in [6.07, 6.45) is 0. The van der Waals surface area contributed by atoms with Crippen molar-refractivity contribution in [3.8, 4) is 33.8 Å². The van der Waals surface area contributed by atoms with Crippen LogP contribution in [0.25, 0.3) is 22.3 Å². The van der Waals surface area contributed by atoms with Crippen molar-refractivity contribution in [3.63, 3.8) is 0 Å². The third-order valence-electron chi connectivity index (χ3n) is 7.43. The molecule has 3 aliphatic rings. The number of hydrogen-bond donors (Lipinski definition) is 0. The molecule has 0 bridgehead atoms. The maximum atomic E-state index is 6.40. The van der Waals surface area contributed by atoms with Gasteiger partial charge in [0.1, 0.15) is 11.5 Å². The fourth-order valence-corrected chi connectivity index (χ4v) is 7.90. The third kappa shape index (κ3) is 2.18. The van der Waals surface area contributed by atoms with Crippen LogP contribution in [0.5, 0.6) is 11.5 Å². The van der Waals surface area contributed by atoms with E-state index in [1.54, 1.807) is 0 Å². The number of rotatable bonds is 0. The molecule has 160 valence electrons. The van der Waals surface area contributed by atoms with Crippen LogP contribution in [0.4, 0.5) is 0 Å². The average Bonchev–Trinajstić information content (AvgIpc) is 3.36. The largest absolute Gasteiger partial charge is 0.455 e. The van der Waals surface area contributed by atoms with Gasteiger partial charge in [0.15, 0.2) is 0 Å². The molecule has 5 aromatic rings. The molecule has 1 heterocycles. The first-order valence-electron chi connectivity index (χ1n) is 11.4. The lowest BCUT2D eigenvalue weighted by atomic mass is 9.70. The van der Waals surface area contributed by atoms with E-state index in [1.165, 1.54) is 49.4 Å². The summed E-state index contributed by atoms with van der Waals surface area (Å²) >= 11 is 5.71. The minimum absolute atomic E-state index is 0.339. The molecular formula is C31H17BrOS. The smallest absolute Gasteiger partial charge is 0.142 e. The molecule has 1 nitrogen and oxygen atoms in total. The Hall–Kier alpha value is -3.27. The van der Waals surface area contributed by atoms with Crippen molar-refractivity contribution in [2.75, 3.05) is 0 Å². The van der Waals surface area contributed by atoms with Crippen LogP contribution in [0.2, 0.25) is 0 Å². The molecule has 0 radical (unpaired) electrons. The van der Waals surface area contributed by atoms with Crippen LogP contribution in [0, 0.1) is 0 Å². The molecule has 3 heteroatoms. The molecule has 1 unspecified atom stereocenters. The molecule has 0 amide bonds. The monoisotopic (exact) mass is 516 g/mol. The first-order valence-corrected chi connectivity index (χ1v) is 13.0. The van der Waals surface area contributed by atoms with Crippen molar-refractivity contribution in [2.24, 2.45) is 0 Å². The summed E-state index contributed by atoms with van der Waals surface area (Å²) in [7, 11) is 0.